The molecule has 1 N–H and O–H groups in total. The van der Waals surface area contributed by atoms with Crippen LogP contribution in [0.4, 0.5) is 0 Å². The van der Waals surface area contributed by atoms with E-state index in [9.17, 15) is 14.7 Å². The Labute approximate surface area is 106 Å². The number of rotatable bonds is 3. The molecule has 0 aromatic rings. The molecule has 0 saturated heterocycles. The van der Waals surface area contributed by atoms with Crippen molar-refractivity contribution in [1.82, 2.24) is 0 Å². The van der Waals surface area contributed by atoms with E-state index in [2.05, 4.69) is 6.58 Å². The molecule has 3 unspecified atom stereocenters. The molecule has 0 heterocycles. The lowest BCUT2D eigenvalue weighted by atomic mass is 9.48. The number of carboxylic acid groups (broad SMARTS) is 1. The average Bonchev–Trinajstić information content (AvgIpc) is 2.32. The van der Waals surface area contributed by atoms with Crippen LogP contribution in [0.15, 0.2) is 12.7 Å². The van der Waals surface area contributed by atoms with Gasteiger partial charge in [-0.3, -0.25) is 4.79 Å². The summed E-state index contributed by atoms with van der Waals surface area (Å²) in [5, 5.41) is 9.62. The first-order valence-electron chi connectivity index (χ1n) is 6.61. The van der Waals surface area contributed by atoms with E-state index >= 15 is 0 Å². The second-order valence-electron chi connectivity index (χ2n) is 6.13. The Morgan fingerprint density at radius 3 is 2.33 bits per heavy atom. The highest BCUT2D eigenvalue weighted by Crippen LogP contribution is 2.61. The quantitative estimate of drug-likeness (QED) is 0.614. The van der Waals surface area contributed by atoms with Crippen LogP contribution < -0.4 is 0 Å². The van der Waals surface area contributed by atoms with Crippen LogP contribution in [0.2, 0.25) is 0 Å². The number of hydrogen-bond donors (Lipinski definition) is 1. The Morgan fingerprint density at radius 1 is 1.22 bits per heavy atom. The van der Waals surface area contributed by atoms with Gasteiger partial charge in [0.15, 0.2) is 0 Å². The maximum absolute atomic E-state index is 11.7. The van der Waals surface area contributed by atoms with Gasteiger partial charge < -0.3 is 9.84 Å². The van der Waals surface area contributed by atoms with Gasteiger partial charge in [0, 0.05) is 6.08 Å². The minimum atomic E-state index is -0.826. The topological polar surface area (TPSA) is 63.6 Å². The molecular weight excluding hydrogens is 232 g/mol. The molecule has 0 radical (unpaired) electrons. The third kappa shape index (κ3) is 1.51. The molecule has 4 rings (SSSR count). The van der Waals surface area contributed by atoms with Crippen molar-refractivity contribution >= 4 is 11.9 Å². The summed E-state index contributed by atoms with van der Waals surface area (Å²) in [6.07, 6.45) is 5.21. The molecule has 4 heteroatoms. The zero-order chi connectivity index (χ0) is 12.9. The third-order valence-electron chi connectivity index (χ3n) is 5.05. The van der Waals surface area contributed by atoms with Gasteiger partial charge in [0.05, 0.1) is 0 Å². The molecule has 0 aromatic heterocycles. The Bertz CT molecular complexity index is 400. The average molecular weight is 250 g/mol. The van der Waals surface area contributed by atoms with Crippen LogP contribution in [0.5, 0.6) is 0 Å². The van der Waals surface area contributed by atoms with Crippen molar-refractivity contribution in [3.05, 3.63) is 12.7 Å². The van der Waals surface area contributed by atoms with Gasteiger partial charge in [0.1, 0.15) is 11.5 Å². The van der Waals surface area contributed by atoms with Crippen LogP contribution in [0.25, 0.3) is 0 Å². The number of ether oxygens (including phenoxy) is 1. The van der Waals surface area contributed by atoms with Gasteiger partial charge in [0.2, 0.25) is 0 Å². The molecule has 4 aliphatic rings. The van der Waals surface area contributed by atoms with Crippen LogP contribution in [-0.4, -0.2) is 23.1 Å². The molecule has 0 aromatic carbocycles. The van der Waals surface area contributed by atoms with Gasteiger partial charge in [-0.05, 0) is 49.9 Å². The highest BCUT2D eigenvalue weighted by Gasteiger charge is 2.62. The fourth-order valence-corrected chi connectivity index (χ4v) is 4.67. The summed E-state index contributed by atoms with van der Waals surface area (Å²) in [5.74, 6) is -0.0256. The molecule has 4 fully saturated rings. The van der Waals surface area contributed by atoms with E-state index in [1.165, 1.54) is 0 Å². The number of carboxylic acids is 1. The zero-order valence-electron chi connectivity index (χ0n) is 10.3. The molecule has 4 bridgehead atoms. The van der Waals surface area contributed by atoms with Crippen LogP contribution in [-0.2, 0) is 14.3 Å². The lowest BCUT2D eigenvalue weighted by Crippen LogP contribution is -2.60. The van der Waals surface area contributed by atoms with Crippen molar-refractivity contribution in [2.24, 2.45) is 23.2 Å². The molecule has 4 aliphatic carbocycles. The lowest BCUT2D eigenvalue weighted by Gasteiger charge is -2.58. The molecule has 0 spiro atoms. The lowest BCUT2D eigenvalue weighted by molar-refractivity contribution is -0.203. The largest absolute Gasteiger partial charge is 0.481 e. The van der Waals surface area contributed by atoms with Gasteiger partial charge in [0.25, 0.3) is 0 Å². The van der Waals surface area contributed by atoms with E-state index in [1.807, 2.05) is 0 Å². The second kappa shape index (κ2) is 3.84. The van der Waals surface area contributed by atoms with Crippen molar-refractivity contribution in [2.45, 2.75) is 38.2 Å². The normalized spacial score (nSPS) is 44.7. The first-order chi connectivity index (χ1) is 8.55. The fourth-order valence-electron chi connectivity index (χ4n) is 4.67. The minimum Gasteiger partial charge on any atom is -0.481 e. The Hall–Kier alpha value is -1.32. The molecule has 4 saturated carbocycles. The fraction of sp³-hybridized carbons (Fsp3) is 0.714. The number of hydrogen-bond acceptors (Lipinski definition) is 3. The Balaban J connectivity index is 1.93. The summed E-state index contributed by atoms with van der Waals surface area (Å²) in [4.78, 5) is 23.2. The van der Waals surface area contributed by atoms with E-state index in [0.29, 0.717) is 24.7 Å². The zero-order valence-corrected chi connectivity index (χ0v) is 10.3. The van der Waals surface area contributed by atoms with Crippen LogP contribution in [0.1, 0.15) is 32.1 Å². The Kier molecular flexibility index (Phi) is 2.50. The summed E-state index contributed by atoms with van der Waals surface area (Å²) in [6.45, 7) is 3.39. The van der Waals surface area contributed by atoms with E-state index in [4.69, 9.17) is 4.74 Å². The van der Waals surface area contributed by atoms with Crippen LogP contribution in [0, 0.1) is 23.2 Å². The molecule has 3 atom stereocenters. The highest BCUT2D eigenvalue weighted by molar-refractivity contribution is 5.82. The predicted octanol–water partition coefficient (Wildman–Crippen LogP) is 2.00. The molecule has 18 heavy (non-hydrogen) atoms. The van der Waals surface area contributed by atoms with Gasteiger partial charge in [-0.25, -0.2) is 4.79 Å². The summed E-state index contributed by atoms with van der Waals surface area (Å²) in [6, 6.07) is 0. The number of carbonyl (C=O) groups is 2. The molecular formula is C14H18O4. The monoisotopic (exact) mass is 250 g/mol. The summed E-state index contributed by atoms with van der Waals surface area (Å²) in [7, 11) is 0. The van der Waals surface area contributed by atoms with Crippen LogP contribution >= 0.6 is 0 Å². The first kappa shape index (κ1) is 11.8. The summed E-state index contributed by atoms with van der Waals surface area (Å²) in [5.41, 5.74) is -0.826. The number of carbonyl (C=O) groups excluding carboxylic acids is 1. The van der Waals surface area contributed by atoms with E-state index < -0.39 is 23.5 Å². The van der Waals surface area contributed by atoms with E-state index in [1.54, 1.807) is 0 Å². The maximum atomic E-state index is 11.7. The van der Waals surface area contributed by atoms with Crippen LogP contribution in [0.3, 0.4) is 0 Å². The van der Waals surface area contributed by atoms with E-state index in [-0.39, 0.29) is 5.92 Å². The molecule has 4 nitrogen and oxygen atoms in total. The second-order valence-corrected chi connectivity index (χ2v) is 6.13. The van der Waals surface area contributed by atoms with Crippen molar-refractivity contribution in [1.29, 1.82) is 0 Å². The van der Waals surface area contributed by atoms with Crippen molar-refractivity contribution < 1.29 is 19.4 Å². The number of aliphatic carboxylic acids is 1. The Morgan fingerprint density at radius 2 is 1.83 bits per heavy atom. The van der Waals surface area contributed by atoms with E-state index in [0.717, 1.165) is 25.3 Å². The van der Waals surface area contributed by atoms with Gasteiger partial charge in [-0.15, -0.1) is 0 Å². The highest BCUT2D eigenvalue weighted by atomic mass is 16.5. The van der Waals surface area contributed by atoms with Gasteiger partial charge in [-0.1, -0.05) is 6.58 Å². The molecule has 0 aliphatic heterocycles. The van der Waals surface area contributed by atoms with Gasteiger partial charge in [-0.2, -0.15) is 0 Å². The molecule has 98 valence electrons. The van der Waals surface area contributed by atoms with Gasteiger partial charge >= 0.3 is 11.9 Å². The minimum absolute atomic E-state index is 0.233. The first-order valence-corrected chi connectivity index (χ1v) is 6.61. The number of esters is 1. The smallest absolute Gasteiger partial charge is 0.330 e. The summed E-state index contributed by atoms with van der Waals surface area (Å²) < 4.78 is 5.40. The van der Waals surface area contributed by atoms with Crippen molar-refractivity contribution in [3.8, 4) is 0 Å². The SMILES string of the molecule is C=CC(=O)OC1C2CC3CC(C2)CC1(C(=O)O)C3. The standard InChI is InChI=1S/C14H18O4/c1-2-11(15)18-12-10-4-8-3-9(5-10)7-14(12,6-8)13(16)17/h2,8-10,12H,1,3-7H2,(H,16,17). The summed E-state index contributed by atoms with van der Waals surface area (Å²) >= 11 is 0. The molecule has 0 amide bonds. The predicted molar refractivity (Wildman–Crippen MR) is 63.7 cm³/mol. The maximum Gasteiger partial charge on any atom is 0.330 e. The van der Waals surface area contributed by atoms with Crippen molar-refractivity contribution in [3.63, 3.8) is 0 Å². The van der Waals surface area contributed by atoms with Crippen molar-refractivity contribution in [2.75, 3.05) is 0 Å². The third-order valence-corrected chi connectivity index (χ3v) is 5.05.